The predicted molar refractivity (Wildman–Crippen MR) is 75.7 cm³/mol. The lowest BCUT2D eigenvalue weighted by Crippen LogP contribution is -2.39. The van der Waals surface area contributed by atoms with Gasteiger partial charge in [0.2, 0.25) is 0 Å². The largest absolute Gasteiger partial charge is 0.373 e. The lowest BCUT2D eigenvalue weighted by molar-refractivity contribution is 0.223. The highest BCUT2D eigenvalue weighted by Gasteiger charge is 2.38. The third-order valence-electron chi connectivity index (χ3n) is 4.09. The predicted octanol–water partition coefficient (Wildman–Crippen LogP) is 3.94. The van der Waals surface area contributed by atoms with Gasteiger partial charge in [-0.05, 0) is 36.5 Å². The molecule has 2 heteroatoms. The van der Waals surface area contributed by atoms with Crippen LogP contribution in [0.25, 0.3) is 0 Å². The Labute approximate surface area is 110 Å². The van der Waals surface area contributed by atoms with Gasteiger partial charge in [-0.15, -0.1) is 0 Å². The van der Waals surface area contributed by atoms with Crippen LogP contribution in [0.3, 0.4) is 0 Å². The van der Waals surface area contributed by atoms with E-state index in [0.717, 1.165) is 19.4 Å². The van der Waals surface area contributed by atoms with Crippen LogP contribution in [0.4, 0.5) is 5.69 Å². The molecule has 0 amide bonds. The van der Waals surface area contributed by atoms with Crippen molar-refractivity contribution in [3.05, 3.63) is 29.8 Å². The molecule has 1 aliphatic rings. The van der Waals surface area contributed by atoms with Crippen LogP contribution in [-0.4, -0.2) is 13.6 Å². The molecule has 1 aliphatic carbocycles. The molecule has 0 aliphatic heterocycles. The summed E-state index contributed by atoms with van der Waals surface area (Å²) in [5.41, 5.74) is 2.48. The molecular weight excluding hydrogens is 220 g/mol. The fourth-order valence-corrected chi connectivity index (χ4v) is 2.57. The van der Waals surface area contributed by atoms with Crippen LogP contribution < -0.4 is 4.90 Å². The summed E-state index contributed by atoms with van der Waals surface area (Å²) >= 11 is 0. The number of nitriles is 1. The zero-order chi connectivity index (χ0) is 13.2. The minimum Gasteiger partial charge on any atom is -0.373 e. The van der Waals surface area contributed by atoms with Gasteiger partial charge in [0.15, 0.2) is 0 Å². The molecule has 1 aromatic rings. The minimum atomic E-state index is -0.0918. The van der Waals surface area contributed by atoms with E-state index in [0.29, 0.717) is 5.92 Å². The van der Waals surface area contributed by atoms with Gasteiger partial charge in [0.05, 0.1) is 11.5 Å². The average Bonchev–Trinajstić information content (AvgIpc) is 2.33. The Morgan fingerprint density at radius 1 is 1.28 bits per heavy atom. The van der Waals surface area contributed by atoms with Crippen LogP contribution in [0.1, 0.15) is 44.6 Å². The number of nitrogens with zero attached hydrogens (tertiary/aromatic N) is 2. The number of hydrogen-bond acceptors (Lipinski definition) is 2. The molecule has 1 aromatic carbocycles. The molecule has 0 atom stereocenters. The summed E-state index contributed by atoms with van der Waals surface area (Å²) in [6, 6.07) is 11.2. The first-order valence-corrected chi connectivity index (χ1v) is 6.79. The monoisotopic (exact) mass is 242 g/mol. The molecule has 0 saturated heterocycles. The second kappa shape index (κ2) is 5.02. The average molecular weight is 242 g/mol. The zero-order valence-corrected chi connectivity index (χ0v) is 11.6. The Balaban J connectivity index is 2.05. The smallest absolute Gasteiger partial charge is 0.0748 e. The SMILES string of the molecule is CC(C)c1ccc(N(C)CC2(C#N)CCC2)cc1. The van der Waals surface area contributed by atoms with Crippen molar-refractivity contribution < 1.29 is 0 Å². The van der Waals surface area contributed by atoms with E-state index in [-0.39, 0.29) is 5.41 Å². The molecule has 0 N–H and O–H groups in total. The summed E-state index contributed by atoms with van der Waals surface area (Å²) in [7, 11) is 2.09. The fraction of sp³-hybridized carbons (Fsp3) is 0.562. The first-order valence-electron chi connectivity index (χ1n) is 6.79. The van der Waals surface area contributed by atoms with Crippen molar-refractivity contribution >= 4 is 5.69 Å². The van der Waals surface area contributed by atoms with Crippen molar-refractivity contribution in [3.63, 3.8) is 0 Å². The van der Waals surface area contributed by atoms with Crippen LogP contribution in [0, 0.1) is 16.7 Å². The molecule has 2 rings (SSSR count). The molecule has 0 spiro atoms. The van der Waals surface area contributed by atoms with E-state index in [9.17, 15) is 5.26 Å². The molecule has 2 nitrogen and oxygen atoms in total. The van der Waals surface area contributed by atoms with Crippen LogP contribution >= 0.6 is 0 Å². The van der Waals surface area contributed by atoms with Crippen LogP contribution in [0.2, 0.25) is 0 Å². The molecule has 0 heterocycles. The van der Waals surface area contributed by atoms with Crippen molar-refractivity contribution in [2.75, 3.05) is 18.5 Å². The minimum absolute atomic E-state index is 0.0918. The number of anilines is 1. The van der Waals surface area contributed by atoms with E-state index < -0.39 is 0 Å². The second-order valence-electron chi connectivity index (χ2n) is 5.85. The van der Waals surface area contributed by atoms with Gasteiger partial charge in [-0.3, -0.25) is 0 Å². The Bertz CT molecular complexity index is 435. The number of benzene rings is 1. The van der Waals surface area contributed by atoms with Crippen molar-refractivity contribution in [3.8, 4) is 6.07 Å². The van der Waals surface area contributed by atoms with Gasteiger partial charge < -0.3 is 4.90 Å². The Kier molecular flexibility index (Phi) is 3.61. The topological polar surface area (TPSA) is 27.0 Å². The number of hydrogen-bond donors (Lipinski definition) is 0. The van der Waals surface area contributed by atoms with Crippen LogP contribution in [-0.2, 0) is 0 Å². The third-order valence-corrected chi connectivity index (χ3v) is 4.09. The molecule has 96 valence electrons. The summed E-state index contributed by atoms with van der Waals surface area (Å²) in [4.78, 5) is 2.21. The van der Waals surface area contributed by atoms with Gasteiger partial charge in [0.25, 0.3) is 0 Å². The van der Waals surface area contributed by atoms with Gasteiger partial charge >= 0.3 is 0 Å². The maximum atomic E-state index is 9.27. The van der Waals surface area contributed by atoms with E-state index in [1.807, 2.05) is 0 Å². The summed E-state index contributed by atoms with van der Waals surface area (Å²) in [5.74, 6) is 0.571. The normalized spacial score (nSPS) is 17.1. The first-order chi connectivity index (χ1) is 8.56. The van der Waals surface area contributed by atoms with E-state index in [4.69, 9.17) is 0 Å². The summed E-state index contributed by atoms with van der Waals surface area (Å²) in [5, 5.41) is 9.27. The summed E-state index contributed by atoms with van der Waals surface area (Å²) in [6.45, 7) is 5.26. The molecule has 0 radical (unpaired) electrons. The summed E-state index contributed by atoms with van der Waals surface area (Å²) in [6.07, 6.45) is 3.31. The van der Waals surface area contributed by atoms with Crippen molar-refractivity contribution in [2.45, 2.75) is 39.0 Å². The standard InChI is InChI=1S/C16H22N2/c1-13(2)14-5-7-15(8-6-14)18(3)12-16(11-17)9-4-10-16/h5-8,13H,4,9-10,12H2,1-3H3. The van der Waals surface area contributed by atoms with Gasteiger partial charge in [0.1, 0.15) is 0 Å². The highest BCUT2D eigenvalue weighted by molar-refractivity contribution is 5.48. The van der Waals surface area contributed by atoms with Crippen LogP contribution in [0.5, 0.6) is 0 Å². The van der Waals surface area contributed by atoms with E-state index >= 15 is 0 Å². The maximum absolute atomic E-state index is 9.27. The summed E-state index contributed by atoms with van der Waals surface area (Å²) < 4.78 is 0. The molecule has 0 aromatic heterocycles. The molecule has 0 bridgehead atoms. The van der Waals surface area contributed by atoms with Crippen molar-refractivity contribution in [2.24, 2.45) is 5.41 Å². The second-order valence-corrected chi connectivity index (χ2v) is 5.85. The van der Waals surface area contributed by atoms with E-state index in [1.165, 1.54) is 17.7 Å². The maximum Gasteiger partial charge on any atom is 0.0748 e. The van der Waals surface area contributed by atoms with Crippen LogP contribution in [0.15, 0.2) is 24.3 Å². The Morgan fingerprint density at radius 2 is 1.89 bits per heavy atom. The van der Waals surface area contributed by atoms with Crippen molar-refractivity contribution in [1.29, 1.82) is 5.26 Å². The highest BCUT2D eigenvalue weighted by atomic mass is 15.1. The quantitative estimate of drug-likeness (QED) is 0.799. The van der Waals surface area contributed by atoms with Gasteiger partial charge in [-0.2, -0.15) is 5.26 Å². The molecular formula is C16H22N2. The molecule has 0 unspecified atom stereocenters. The van der Waals surface area contributed by atoms with Gasteiger partial charge in [-0.1, -0.05) is 32.4 Å². The first kappa shape index (κ1) is 13.0. The lowest BCUT2D eigenvalue weighted by Gasteiger charge is -2.39. The van der Waals surface area contributed by atoms with E-state index in [2.05, 4.69) is 56.1 Å². The third kappa shape index (κ3) is 2.51. The van der Waals surface area contributed by atoms with Gasteiger partial charge in [-0.25, -0.2) is 0 Å². The fourth-order valence-electron chi connectivity index (χ4n) is 2.57. The van der Waals surface area contributed by atoms with Crippen molar-refractivity contribution in [1.82, 2.24) is 0 Å². The molecule has 1 saturated carbocycles. The molecule has 18 heavy (non-hydrogen) atoms. The van der Waals surface area contributed by atoms with Gasteiger partial charge in [0, 0.05) is 19.3 Å². The molecule has 1 fully saturated rings. The highest BCUT2D eigenvalue weighted by Crippen LogP contribution is 2.41. The zero-order valence-electron chi connectivity index (χ0n) is 11.6. The Morgan fingerprint density at radius 3 is 2.28 bits per heavy atom. The lowest BCUT2D eigenvalue weighted by atomic mass is 9.69. The Hall–Kier alpha value is -1.49. The van der Waals surface area contributed by atoms with E-state index in [1.54, 1.807) is 0 Å². The number of rotatable bonds is 4.